The van der Waals surface area contributed by atoms with E-state index in [1.165, 1.54) is 11.3 Å². The van der Waals surface area contributed by atoms with Crippen molar-refractivity contribution in [3.63, 3.8) is 0 Å². The Hall–Kier alpha value is -2.32. The summed E-state index contributed by atoms with van der Waals surface area (Å²) in [5.74, 6) is 0.545. The smallest absolute Gasteiger partial charge is 0.228 e. The summed E-state index contributed by atoms with van der Waals surface area (Å²) in [6.07, 6.45) is 5.40. The van der Waals surface area contributed by atoms with Gasteiger partial charge < -0.3 is 5.32 Å². The lowest BCUT2D eigenvalue weighted by Crippen LogP contribution is -1.95. The lowest BCUT2D eigenvalue weighted by molar-refractivity contribution is 1.15. The maximum atomic E-state index is 4.61. The zero-order valence-corrected chi connectivity index (χ0v) is 12.6. The number of aryl methyl sites for hydroxylation is 1. The van der Waals surface area contributed by atoms with E-state index in [0.717, 1.165) is 27.2 Å². The lowest BCUT2D eigenvalue weighted by Gasteiger charge is -1.99. The van der Waals surface area contributed by atoms with Crippen molar-refractivity contribution >= 4 is 38.7 Å². The second-order valence-corrected chi connectivity index (χ2v) is 6.07. The van der Waals surface area contributed by atoms with E-state index in [1.54, 1.807) is 29.8 Å². The van der Waals surface area contributed by atoms with Crippen molar-refractivity contribution in [1.29, 1.82) is 0 Å². The molecule has 4 heterocycles. The van der Waals surface area contributed by atoms with Gasteiger partial charge in [0.2, 0.25) is 5.95 Å². The molecule has 4 rings (SSSR count). The Balaban J connectivity index is 1.71. The topological polar surface area (TPSA) is 68.0 Å². The Morgan fingerprint density at radius 2 is 2.00 bits per heavy atom. The summed E-state index contributed by atoms with van der Waals surface area (Å²) in [7, 11) is 0. The minimum atomic E-state index is 0.545. The Bertz CT molecular complexity index is 892. The number of imidazole rings is 1. The van der Waals surface area contributed by atoms with Gasteiger partial charge in [0.05, 0.1) is 11.4 Å². The number of nitrogens with zero attached hydrogens (tertiary/aromatic N) is 5. The molecule has 1 N–H and O–H groups in total. The van der Waals surface area contributed by atoms with E-state index >= 15 is 0 Å². The van der Waals surface area contributed by atoms with Gasteiger partial charge >= 0.3 is 0 Å². The SMILES string of the molecule is Cc1nc2sccn2c1-c1csc(Nc2ncccn2)n1. The number of anilines is 2. The van der Waals surface area contributed by atoms with E-state index in [1.807, 2.05) is 23.9 Å². The molecule has 0 atom stereocenters. The molecule has 104 valence electrons. The average molecular weight is 314 g/mol. The summed E-state index contributed by atoms with van der Waals surface area (Å²) in [6, 6.07) is 1.78. The van der Waals surface area contributed by atoms with Crippen LogP contribution in [0.1, 0.15) is 5.69 Å². The highest BCUT2D eigenvalue weighted by molar-refractivity contribution is 7.15. The molecule has 0 spiro atoms. The first-order valence-corrected chi connectivity index (χ1v) is 7.99. The first kappa shape index (κ1) is 12.4. The standard InChI is InChI=1S/C13H10N6S2/c1-8-10(19-5-6-20-13(19)16-8)9-7-21-12(17-9)18-11-14-3-2-4-15-11/h2-7H,1H3,(H,14,15,17,18). The fourth-order valence-corrected chi connectivity index (χ4v) is 3.55. The van der Waals surface area contributed by atoms with E-state index in [0.29, 0.717) is 5.95 Å². The fourth-order valence-electron chi connectivity index (χ4n) is 2.10. The van der Waals surface area contributed by atoms with Crippen LogP contribution in [0.15, 0.2) is 35.4 Å². The summed E-state index contributed by atoms with van der Waals surface area (Å²) in [5, 5.41) is 7.91. The van der Waals surface area contributed by atoms with Crippen LogP contribution in [0.25, 0.3) is 16.3 Å². The third kappa shape index (κ3) is 2.18. The van der Waals surface area contributed by atoms with Gasteiger partial charge in [0.15, 0.2) is 10.1 Å². The van der Waals surface area contributed by atoms with Crippen LogP contribution in [0.3, 0.4) is 0 Å². The van der Waals surface area contributed by atoms with Crippen LogP contribution < -0.4 is 5.32 Å². The van der Waals surface area contributed by atoms with E-state index < -0.39 is 0 Å². The molecule has 6 nitrogen and oxygen atoms in total. The lowest BCUT2D eigenvalue weighted by atomic mass is 10.3. The number of thiazole rings is 2. The van der Waals surface area contributed by atoms with Gasteiger partial charge in [0.25, 0.3) is 0 Å². The number of hydrogen-bond donors (Lipinski definition) is 1. The zero-order valence-electron chi connectivity index (χ0n) is 11.0. The molecular formula is C13H10N6S2. The van der Waals surface area contributed by atoms with Crippen molar-refractivity contribution in [2.24, 2.45) is 0 Å². The molecule has 0 aliphatic carbocycles. The summed E-state index contributed by atoms with van der Waals surface area (Å²) < 4.78 is 2.07. The van der Waals surface area contributed by atoms with E-state index in [4.69, 9.17) is 0 Å². The largest absolute Gasteiger partial charge is 0.300 e. The second-order valence-electron chi connectivity index (χ2n) is 4.34. The van der Waals surface area contributed by atoms with Gasteiger partial charge in [-0.25, -0.2) is 19.9 Å². The number of fused-ring (bicyclic) bond motifs is 1. The van der Waals surface area contributed by atoms with Crippen LogP contribution in [0.5, 0.6) is 0 Å². The van der Waals surface area contributed by atoms with Gasteiger partial charge in [-0.15, -0.1) is 22.7 Å². The van der Waals surface area contributed by atoms with Crippen molar-refractivity contribution in [1.82, 2.24) is 24.3 Å². The highest BCUT2D eigenvalue weighted by Crippen LogP contribution is 2.30. The molecule has 0 aromatic carbocycles. The highest BCUT2D eigenvalue weighted by Gasteiger charge is 2.15. The molecule has 0 amide bonds. The molecule has 0 unspecified atom stereocenters. The van der Waals surface area contributed by atoms with Crippen molar-refractivity contribution in [2.45, 2.75) is 6.92 Å². The first-order chi connectivity index (χ1) is 10.3. The Morgan fingerprint density at radius 3 is 2.86 bits per heavy atom. The third-order valence-electron chi connectivity index (χ3n) is 2.97. The molecule has 21 heavy (non-hydrogen) atoms. The molecule has 8 heteroatoms. The molecule has 4 aromatic heterocycles. The second kappa shape index (κ2) is 4.90. The quantitative estimate of drug-likeness (QED) is 0.628. The molecule has 4 aromatic rings. The Kier molecular flexibility index (Phi) is 2.90. The molecule has 0 saturated carbocycles. The first-order valence-electron chi connectivity index (χ1n) is 6.23. The van der Waals surface area contributed by atoms with Gasteiger partial charge in [-0.2, -0.15) is 0 Å². The fraction of sp³-hybridized carbons (Fsp3) is 0.0769. The van der Waals surface area contributed by atoms with Gasteiger partial charge in [-0.05, 0) is 13.0 Å². The Morgan fingerprint density at radius 1 is 1.14 bits per heavy atom. The molecule has 0 saturated heterocycles. The van der Waals surface area contributed by atoms with Crippen LogP contribution in [-0.2, 0) is 0 Å². The van der Waals surface area contributed by atoms with Crippen molar-refractivity contribution in [2.75, 3.05) is 5.32 Å². The zero-order chi connectivity index (χ0) is 14.2. The number of aromatic nitrogens is 5. The number of rotatable bonds is 3. The molecule has 0 aliphatic heterocycles. The van der Waals surface area contributed by atoms with Gasteiger partial charge in [-0.3, -0.25) is 4.40 Å². The number of hydrogen-bond acceptors (Lipinski definition) is 7. The molecule has 0 radical (unpaired) electrons. The van der Waals surface area contributed by atoms with Gasteiger partial charge in [0, 0.05) is 29.4 Å². The normalized spacial score (nSPS) is 11.1. The predicted molar refractivity (Wildman–Crippen MR) is 84.2 cm³/mol. The van der Waals surface area contributed by atoms with Crippen LogP contribution in [0.2, 0.25) is 0 Å². The number of nitrogens with one attached hydrogen (secondary N) is 1. The summed E-state index contributed by atoms with van der Waals surface area (Å²) in [4.78, 5) is 18.4. The minimum Gasteiger partial charge on any atom is -0.300 e. The average Bonchev–Trinajstić information content (AvgIpc) is 3.16. The van der Waals surface area contributed by atoms with E-state index in [2.05, 4.69) is 29.7 Å². The molecule has 0 aliphatic rings. The van der Waals surface area contributed by atoms with E-state index in [9.17, 15) is 0 Å². The third-order valence-corrected chi connectivity index (χ3v) is 4.48. The molecule has 0 fully saturated rings. The van der Waals surface area contributed by atoms with Crippen LogP contribution in [0.4, 0.5) is 11.1 Å². The highest BCUT2D eigenvalue weighted by atomic mass is 32.1. The monoisotopic (exact) mass is 314 g/mol. The minimum absolute atomic E-state index is 0.545. The predicted octanol–water partition coefficient (Wildman–Crippen LogP) is 3.36. The van der Waals surface area contributed by atoms with Crippen molar-refractivity contribution < 1.29 is 0 Å². The van der Waals surface area contributed by atoms with Crippen molar-refractivity contribution in [3.05, 3.63) is 41.1 Å². The maximum absolute atomic E-state index is 4.61. The van der Waals surface area contributed by atoms with Crippen molar-refractivity contribution in [3.8, 4) is 11.4 Å². The molecule has 0 bridgehead atoms. The maximum Gasteiger partial charge on any atom is 0.228 e. The molecular weight excluding hydrogens is 304 g/mol. The van der Waals surface area contributed by atoms with E-state index in [-0.39, 0.29) is 0 Å². The van der Waals surface area contributed by atoms with Crippen LogP contribution in [0, 0.1) is 6.92 Å². The van der Waals surface area contributed by atoms with Gasteiger partial charge in [-0.1, -0.05) is 0 Å². The summed E-state index contributed by atoms with van der Waals surface area (Å²) in [6.45, 7) is 2.00. The summed E-state index contributed by atoms with van der Waals surface area (Å²) in [5.41, 5.74) is 2.92. The summed E-state index contributed by atoms with van der Waals surface area (Å²) >= 11 is 3.14. The van der Waals surface area contributed by atoms with Crippen LogP contribution >= 0.6 is 22.7 Å². The van der Waals surface area contributed by atoms with Crippen LogP contribution in [-0.4, -0.2) is 24.3 Å². The Labute approximate surface area is 128 Å². The van der Waals surface area contributed by atoms with Gasteiger partial charge in [0.1, 0.15) is 5.69 Å².